The fourth-order valence-corrected chi connectivity index (χ4v) is 4.61. The number of rotatable bonds is 1. The lowest BCUT2D eigenvalue weighted by atomic mass is 9.49. The molecular weight excluding hydrogens is 244 g/mol. The molecule has 3 aliphatic rings. The molecule has 19 heavy (non-hydrogen) atoms. The van der Waals surface area contributed by atoms with E-state index in [1.807, 2.05) is 6.92 Å². The van der Waals surface area contributed by atoms with Gasteiger partial charge in [-0.25, -0.2) is 4.79 Å². The molecule has 4 heteroatoms. The first kappa shape index (κ1) is 13.1. The summed E-state index contributed by atoms with van der Waals surface area (Å²) >= 11 is 0. The van der Waals surface area contributed by atoms with Gasteiger partial charge in [-0.05, 0) is 42.6 Å². The average molecular weight is 266 g/mol. The summed E-state index contributed by atoms with van der Waals surface area (Å²) in [6.45, 7) is 4.54. The van der Waals surface area contributed by atoms with E-state index in [1.165, 1.54) is 0 Å². The lowest BCUT2D eigenvalue weighted by Crippen LogP contribution is -2.55. The Bertz CT molecular complexity index is 455. The molecule has 0 aromatic rings. The van der Waals surface area contributed by atoms with E-state index in [4.69, 9.17) is 4.74 Å². The molecule has 4 atom stereocenters. The summed E-state index contributed by atoms with van der Waals surface area (Å²) in [7, 11) is 0. The Labute approximate surface area is 113 Å². The summed E-state index contributed by atoms with van der Waals surface area (Å²) in [5.74, 6) is 0.0495. The van der Waals surface area contributed by atoms with Crippen molar-refractivity contribution in [2.45, 2.75) is 45.6 Å². The predicted molar refractivity (Wildman–Crippen MR) is 69.2 cm³/mol. The molecule has 2 aliphatic carbocycles. The Balaban J connectivity index is 2.06. The number of carbonyl (C=O) groups excluding carboxylic acids is 1. The van der Waals surface area contributed by atoms with Crippen LogP contribution in [0.25, 0.3) is 0 Å². The second kappa shape index (κ2) is 4.06. The Hall–Kier alpha value is -0.870. The van der Waals surface area contributed by atoms with E-state index >= 15 is 0 Å². The summed E-state index contributed by atoms with van der Waals surface area (Å²) in [5, 5.41) is 20.1. The number of ether oxygens (including phenoxy) is 1. The number of carbonyl (C=O) groups is 1. The van der Waals surface area contributed by atoms with Crippen LogP contribution in [0.3, 0.4) is 0 Å². The minimum absolute atomic E-state index is 0.00810. The Morgan fingerprint density at radius 3 is 2.79 bits per heavy atom. The number of aliphatic hydroxyl groups is 2. The number of hydrogen-bond donors (Lipinski definition) is 2. The van der Waals surface area contributed by atoms with Gasteiger partial charge in [0, 0.05) is 11.0 Å². The zero-order chi connectivity index (χ0) is 13.8. The van der Waals surface area contributed by atoms with Crippen molar-refractivity contribution in [1.29, 1.82) is 0 Å². The number of fused-ring (bicyclic) bond motifs is 2. The van der Waals surface area contributed by atoms with Crippen molar-refractivity contribution in [3.05, 3.63) is 11.1 Å². The van der Waals surface area contributed by atoms with Crippen molar-refractivity contribution in [1.82, 2.24) is 0 Å². The van der Waals surface area contributed by atoms with Crippen molar-refractivity contribution in [3.8, 4) is 0 Å². The summed E-state index contributed by atoms with van der Waals surface area (Å²) in [4.78, 5) is 11.7. The molecule has 1 fully saturated rings. The molecule has 2 N–H and O–H groups in total. The zero-order valence-electron chi connectivity index (χ0n) is 11.6. The molecule has 0 saturated heterocycles. The minimum Gasteiger partial charge on any atom is -0.458 e. The first-order chi connectivity index (χ1) is 8.93. The van der Waals surface area contributed by atoms with E-state index < -0.39 is 11.5 Å². The van der Waals surface area contributed by atoms with Crippen molar-refractivity contribution in [2.24, 2.45) is 16.7 Å². The minimum atomic E-state index is -0.475. The van der Waals surface area contributed by atoms with Crippen LogP contribution in [0.5, 0.6) is 0 Å². The highest BCUT2D eigenvalue weighted by Gasteiger charge is 2.57. The van der Waals surface area contributed by atoms with E-state index in [1.54, 1.807) is 0 Å². The molecule has 0 radical (unpaired) electrons. The second-order valence-electron chi connectivity index (χ2n) is 6.76. The first-order valence-corrected chi connectivity index (χ1v) is 7.12. The van der Waals surface area contributed by atoms with Gasteiger partial charge in [-0.15, -0.1) is 0 Å². The van der Waals surface area contributed by atoms with Crippen LogP contribution in [0.2, 0.25) is 0 Å². The summed E-state index contributed by atoms with van der Waals surface area (Å²) in [5.41, 5.74) is 1.39. The van der Waals surface area contributed by atoms with E-state index in [9.17, 15) is 15.0 Å². The van der Waals surface area contributed by atoms with Gasteiger partial charge in [0.2, 0.25) is 0 Å². The molecule has 1 unspecified atom stereocenters. The quantitative estimate of drug-likeness (QED) is 0.704. The third-order valence-electron chi connectivity index (χ3n) is 5.93. The molecule has 3 rings (SSSR count). The molecular formula is C15H22O4. The van der Waals surface area contributed by atoms with Crippen molar-refractivity contribution in [3.63, 3.8) is 0 Å². The van der Waals surface area contributed by atoms with Crippen LogP contribution in [0.1, 0.15) is 39.5 Å². The molecule has 0 aromatic carbocycles. The molecule has 1 saturated carbocycles. The fraction of sp³-hybridized carbons (Fsp3) is 0.800. The van der Waals surface area contributed by atoms with Crippen LogP contribution in [0.15, 0.2) is 11.1 Å². The molecule has 4 nitrogen and oxygen atoms in total. The summed E-state index contributed by atoms with van der Waals surface area (Å²) in [6, 6.07) is 0. The van der Waals surface area contributed by atoms with E-state index in [0.29, 0.717) is 13.0 Å². The van der Waals surface area contributed by atoms with Gasteiger partial charge in [0.15, 0.2) is 0 Å². The molecule has 0 amide bonds. The van der Waals surface area contributed by atoms with Crippen LogP contribution >= 0.6 is 0 Å². The highest BCUT2D eigenvalue weighted by Crippen LogP contribution is 2.60. The van der Waals surface area contributed by atoms with E-state index in [-0.39, 0.29) is 23.9 Å². The van der Waals surface area contributed by atoms with Crippen LogP contribution < -0.4 is 0 Å². The lowest BCUT2D eigenvalue weighted by molar-refractivity contribution is -0.136. The average Bonchev–Trinajstić information content (AvgIpc) is 2.78. The monoisotopic (exact) mass is 266 g/mol. The van der Waals surface area contributed by atoms with Gasteiger partial charge in [-0.2, -0.15) is 0 Å². The van der Waals surface area contributed by atoms with Gasteiger partial charge in [0.1, 0.15) is 6.61 Å². The SMILES string of the molecule is CC1(CO)[C@H](O)CC[C@@]2(C)C3=C(CC[C@@H]12)C(=O)OC3. The summed E-state index contributed by atoms with van der Waals surface area (Å²) < 4.78 is 5.20. The molecule has 1 aliphatic heterocycles. The highest BCUT2D eigenvalue weighted by atomic mass is 16.5. The van der Waals surface area contributed by atoms with Crippen LogP contribution in [-0.2, 0) is 9.53 Å². The van der Waals surface area contributed by atoms with Crippen LogP contribution in [0, 0.1) is 16.7 Å². The maximum atomic E-state index is 11.7. The van der Waals surface area contributed by atoms with Crippen molar-refractivity contribution in [2.75, 3.05) is 13.2 Å². The topological polar surface area (TPSA) is 66.8 Å². The van der Waals surface area contributed by atoms with Gasteiger partial charge in [0.05, 0.1) is 12.7 Å². The van der Waals surface area contributed by atoms with Gasteiger partial charge in [-0.3, -0.25) is 0 Å². The van der Waals surface area contributed by atoms with Gasteiger partial charge < -0.3 is 14.9 Å². The standard InChI is InChI=1S/C15H22O4/c1-14-6-5-12(17)15(2,8-16)11(14)4-3-9-10(14)7-19-13(9)18/h11-12,16-17H,3-8H2,1-2H3/t11-,12-,14+,15?/m1/s1. The van der Waals surface area contributed by atoms with Gasteiger partial charge in [0.25, 0.3) is 0 Å². The predicted octanol–water partition coefficient (Wildman–Crippen LogP) is 1.41. The van der Waals surface area contributed by atoms with Gasteiger partial charge >= 0.3 is 5.97 Å². The fourth-order valence-electron chi connectivity index (χ4n) is 4.61. The van der Waals surface area contributed by atoms with Crippen LogP contribution in [0.4, 0.5) is 0 Å². The number of aliphatic hydroxyl groups excluding tert-OH is 2. The number of cyclic esters (lactones) is 1. The maximum Gasteiger partial charge on any atom is 0.334 e. The Kier molecular flexibility index (Phi) is 2.81. The van der Waals surface area contributed by atoms with E-state index in [2.05, 4.69) is 6.92 Å². The zero-order valence-corrected chi connectivity index (χ0v) is 11.6. The smallest absolute Gasteiger partial charge is 0.334 e. The van der Waals surface area contributed by atoms with Gasteiger partial charge in [-0.1, -0.05) is 13.8 Å². The number of esters is 1. The lowest BCUT2D eigenvalue weighted by Gasteiger charge is -2.56. The molecule has 0 spiro atoms. The molecule has 106 valence electrons. The molecule has 1 heterocycles. The number of hydrogen-bond acceptors (Lipinski definition) is 4. The third kappa shape index (κ3) is 1.56. The third-order valence-corrected chi connectivity index (χ3v) is 5.93. The second-order valence-corrected chi connectivity index (χ2v) is 6.76. The van der Waals surface area contributed by atoms with Crippen molar-refractivity contribution < 1.29 is 19.7 Å². The first-order valence-electron chi connectivity index (χ1n) is 7.12. The van der Waals surface area contributed by atoms with Crippen LogP contribution in [-0.4, -0.2) is 35.5 Å². The molecule has 0 aromatic heterocycles. The molecule has 0 bridgehead atoms. The maximum absolute atomic E-state index is 11.7. The highest BCUT2D eigenvalue weighted by molar-refractivity contribution is 5.92. The van der Waals surface area contributed by atoms with E-state index in [0.717, 1.165) is 30.4 Å². The normalized spacial score (nSPS) is 45.8. The summed E-state index contributed by atoms with van der Waals surface area (Å²) in [6.07, 6.45) is 2.64. The largest absolute Gasteiger partial charge is 0.458 e. The van der Waals surface area contributed by atoms with Crippen molar-refractivity contribution >= 4 is 5.97 Å². The Morgan fingerprint density at radius 1 is 1.37 bits per heavy atom. The Morgan fingerprint density at radius 2 is 2.11 bits per heavy atom.